The topological polar surface area (TPSA) is 66.8 Å². The van der Waals surface area contributed by atoms with Gasteiger partial charge in [0, 0.05) is 13.0 Å². The van der Waals surface area contributed by atoms with E-state index in [0.29, 0.717) is 13.0 Å². The summed E-state index contributed by atoms with van der Waals surface area (Å²) in [6.07, 6.45) is -0.686. The highest BCUT2D eigenvalue weighted by atomic mass is 16.5. The zero-order valence-electron chi connectivity index (χ0n) is 8.40. The van der Waals surface area contributed by atoms with Crippen LogP contribution in [0.2, 0.25) is 0 Å². The highest BCUT2D eigenvalue weighted by Gasteiger charge is 2.31. The largest absolute Gasteiger partial charge is 0.479 e. The van der Waals surface area contributed by atoms with Gasteiger partial charge in [-0.05, 0) is 6.92 Å². The fraction of sp³-hybridized carbons (Fsp3) is 0.778. The number of carbonyl (C=O) groups is 2. The van der Waals surface area contributed by atoms with E-state index in [-0.39, 0.29) is 18.6 Å². The summed E-state index contributed by atoms with van der Waals surface area (Å²) in [6, 6.07) is 0. The van der Waals surface area contributed by atoms with Gasteiger partial charge in [-0.1, -0.05) is 6.92 Å². The van der Waals surface area contributed by atoms with Crippen LogP contribution in [0.3, 0.4) is 0 Å². The molecular weight excluding hydrogens is 186 g/mol. The van der Waals surface area contributed by atoms with Crippen LogP contribution in [0.15, 0.2) is 0 Å². The van der Waals surface area contributed by atoms with E-state index in [9.17, 15) is 9.59 Å². The van der Waals surface area contributed by atoms with Crippen molar-refractivity contribution in [1.82, 2.24) is 4.90 Å². The summed E-state index contributed by atoms with van der Waals surface area (Å²) >= 11 is 0. The number of carbonyl (C=O) groups excluding carboxylic acids is 1. The Kier molecular flexibility index (Phi) is 3.46. The standard InChI is InChI=1S/C9H15NO4/c1-3-8(11)10-4-6(2)14-7(5-10)9(12)13/h6-7H,3-5H2,1-2H3,(H,12,13)/t6-,7?/m1/s1. The molecule has 0 spiro atoms. The lowest BCUT2D eigenvalue weighted by Gasteiger charge is -2.34. The van der Waals surface area contributed by atoms with E-state index >= 15 is 0 Å². The third-order valence-electron chi connectivity index (χ3n) is 2.19. The Hall–Kier alpha value is -1.10. The van der Waals surface area contributed by atoms with Gasteiger partial charge in [0.15, 0.2) is 6.10 Å². The molecule has 14 heavy (non-hydrogen) atoms. The number of rotatable bonds is 2. The monoisotopic (exact) mass is 201 g/mol. The Balaban J connectivity index is 2.62. The number of morpholine rings is 1. The molecule has 1 unspecified atom stereocenters. The Bertz CT molecular complexity index is 241. The second-order valence-corrected chi connectivity index (χ2v) is 3.43. The average molecular weight is 201 g/mol. The van der Waals surface area contributed by atoms with Crippen LogP contribution >= 0.6 is 0 Å². The van der Waals surface area contributed by atoms with Gasteiger partial charge in [-0.2, -0.15) is 0 Å². The van der Waals surface area contributed by atoms with E-state index in [4.69, 9.17) is 9.84 Å². The minimum absolute atomic E-state index is 0.0219. The molecule has 1 amide bonds. The van der Waals surface area contributed by atoms with Gasteiger partial charge in [-0.25, -0.2) is 4.79 Å². The average Bonchev–Trinajstić information content (AvgIpc) is 2.15. The van der Waals surface area contributed by atoms with E-state index in [0.717, 1.165) is 0 Å². The van der Waals surface area contributed by atoms with Crippen molar-refractivity contribution in [3.05, 3.63) is 0 Å². The van der Waals surface area contributed by atoms with Gasteiger partial charge in [0.1, 0.15) is 0 Å². The van der Waals surface area contributed by atoms with Crippen LogP contribution in [0, 0.1) is 0 Å². The van der Waals surface area contributed by atoms with Crippen molar-refractivity contribution < 1.29 is 19.4 Å². The molecule has 80 valence electrons. The van der Waals surface area contributed by atoms with Gasteiger partial charge in [0.25, 0.3) is 0 Å². The van der Waals surface area contributed by atoms with Crippen molar-refractivity contribution in [3.63, 3.8) is 0 Å². The summed E-state index contributed by atoms with van der Waals surface area (Å²) < 4.78 is 5.18. The fourth-order valence-electron chi connectivity index (χ4n) is 1.52. The van der Waals surface area contributed by atoms with Gasteiger partial charge in [-0.15, -0.1) is 0 Å². The molecule has 5 nitrogen and oxygen atoms in total. The molecule has 0 saturated carbocycles. The SMILES string of the molecule is CCC(=O)N1CC(C(=O)O)O[C@H](C)C1. The van der Waals surface area contributed by atoms with Gasteiger partial charge in [-0.3, -0.25) is 4.79 Å². The van der Waals surface area contributed by atoms with Crippen molar-refractivity contribution in [1.29, 1.82) is 0 Å². The Morgan fingerprint density at radius 3 is 2.64 bits per heavy atom. The second kappa shape index (κ2) is 4.41. The molecule has 2 atom stereocenters. The third-order valence-corrected chi connectivity index (χ3v) is 2.19. The van der Waals surface area contributed by atoms with Gasteiger partial charge in [0.2, 0.25) is 5.91 Å². The zero-order chi connectivity index (χ0) is 10.7. The van der Waals surface area contributed by atoms with E-state index in [1.165, 1.54) is 0 Å². The van der Waals surface area contributed by atoms with Crippen molar-refractivity contribution in [2.24, 2.45) is 0 Å². The maximum atomic E-state index is 11.4. The zero-order valence-corrected chi connectivity index (χ0v) is 8.40. The van der Waals surface area contributed by atoms with Crippen LogP contribution < -0.4 is 0 Å². The number of aliphatic carboxylic acids is 1. The van der Waals surface area contributed by atoms with Crippen LogP contribution in [0.4, 0.5) is 0 Å². The molecule has 1 heterocycles. The Labute approximate surface area is 82.6 Å². The lowest BCUT2D eigenvalue weighted by Crippen LogP contribution is -2.51. The summed E-state index contributed by atoms with van der Waals surface area (Å²) in [4.78, 5) is 23.6. The summed E-state index contributed by atoms with van der Waals surface area (Å²) in [5.41, 5.74) is 0. The molecule has 0 aromatic heterocycles. The molecule has 1 N–H and O–H groups in total. The van der Waals surface area contributed by atoms with Gasteiger partial charge >= 0.3 is 5.97 Å². The van der Waals surface area contributed by atoms with Crippen molar-refractivity contribution in [2.75, 3.05) is 13.1 Å². The first kappa shape index (κ1) is 11.0. The summed E-state index contributed by atoms with van der Waals surface area (Å²) in [6.45, 7) is 4.17. The first-order valence-electron chi connectivity index (χ1n) is 4.70. The number of nitrogens with zero attached hydrogens (tertiary/aromatic N) is 1. The second-order valence-electron chi connectivity index (χ2n) is 3.43. The van der Waals surface area contributed by atoms with Crippen molar-refractivity contribution in [2.45, 2.75) is 32.5 Å². The smallest absolute Gasteiger partial charge is 0.334 e. The van der Waals surface area contributed by atoms with Crippen molar-refractivity contribution in [3.8, 4) is 0 Å². The lowest BCUT2D eigenvalue weighted by molar-refractivity contribution is -0.166. The number of hydrogen-bond donors (Lipinski definition) is 1. The third kappa shape index (κ3) is 2.45. The lowest BCUT2D eigenvalue weighted by atomic mass is 10.2. The minimum atomic E-state index is -1.01. The van der Waals surface area contributed by atoms with Crippen LogP contribution in [0.5, 0.6) is 0 Å². The highest BCUT2D eigenvalue weighted by Crippen LogP contribution is 2.12. The molecule has 0 aromatic rings. The van der Waals surface area contributed by atoms with Crippen LogP contribution in [0.25, 0.3) is 0 Å². The van der Waals surface area contributed by atoms with Crippen LogP contribution in [-0.4, -0.2) is 47.2 Å². The quantitative estimate of drug-likeness (QED) is 0.688. The molecule has 0 radical (unpaired) electrons. The first-order chi connectivity index (χ1) is 6.54. The number of amides is 1. The summed E-state index contributed by atoms with van der Waals surface area (Å²) in [7, 11) is 0. The van der Waals surface area contributed by atoms with E-state index in [1.807, 2.05) is 0 Å². The summed E-state index contributed by atoms with van der Waals surface area (Å²) in [5.74, 6) is -1.03. The number of carboxylic acids is 1. The molecule has 1 aliphatic rings. The molecule has 1 saturated heterocycles. The normalized spacial score (nSPS) is 27.4. The predicted octanol–water partition coefficient (Wildman–Crippen LogP) is 0.0969. The van der Waals surface area contributed by atoms with Crippen molar-refractivity contribution >= 4 is 11.9 Å². The molecule has 0 aromatic carbocycles. The van der Waals surface area contributed by atoms with E-state index < -0.39 is 12.1 Å². The molecule has 5 heteroatoms. The fourth-order valence-corrected chi connectivity index (χ4v) is 1.52. The molecule has 1 aliphatic heterocycles. The molecular formula is C9H15NO4. The number of hydrogen-bond acceptors (Lipinski definition) is 3. The van der Waals surface area contributed by atoms with E-state index in [1.54, 1.807) is 18.7 Å². The molecule has 1 fully saturated rings. The maximum Gasteiger partial charge on any atom is 0.334 e. The Morgan fingerprint density at radius 1 is 1.50 bits per heavy atom. The van der Waals surface area contributed by atoms with Crippen LogP contribution in [0.1, 0.15) is 20.3 Å². The van der Waals surface area contributed by atoms with Gasteiger partial charge in [0.05, 0.1) is 12.6 Å². The molecule has 0 bridgehead atoms. The summed E-state index contributed by atoms with van der Waals surface area (Å²) in [5, 5.41) is 8.77. The highest BCUT2D eigenvalue weighted by molar-refractivity contribution is 5.78. The number of ether oxygens (including phenoxy) is 1. The number of carboxylic acid groups (broad SMARTS) is 1. The molecule has 1 rings (SSSR count). The van der Waals surface area contributed by atoms with E-state index in [2.05, 4.69) is 0 Å². The molecule has 0 aliphatic carbocycles. The maximum absolute atomic E-state index is 11.4. The minimum Gasteiger partial charge on any atom is -0.479 e. The van der Waals surface area contributed by atoms with Gasteiger partial charge < -0.3 is 14.7 Å². The predicted molar refractivity (Wildman–Crippen MR) is 48.8 cm³/mol. The Morgan fingerprint density at radius 2 is 2.14 bits per heavy atom. The van der Waals surface area contributed by atoms with Crippen LogP contribution in [-0.2, 0) is 14.3 Å². The first-order valence-corrected chi connectivity index (χ1v) is 4.70.